The number of hydrogen-bond donors (Lipinski definition) is 2. The highest BCUT2D eigenvalue weighted by Crippen LogP contribution is 2.33. The Kier molecular flexibility index (Phi) is 6.25. The lowest BCUT2D eigenvalue weighted by molar-refractivity contribution is 0.139. The summed E-state index contributed by atoms with van der Waals surface area (Å²) in [5.41, 5.74) is 0.929. The maximum absolute atomic E-state index is 12.4. The van der Waals surface area contributed by atoms with E-state index in [9.17, 15) is 8.42 Å². The molecule has 2 N–H and O–H groups in total. The summed E-state index contributed by atoms with van der Waals surface area (Å²) >= 11 is 12.1. The van der Waals surface area contributed by atoms with Gasteiger partial charge in [-0.1, -0.05) is 23.2 Å². The number of benzene rings is 1. The first-order valence-electron chi connectivity index (χ1n) is 5.82. The minimum absolute atomic E-state index is 0.0476. The highest BCUT2D eigenvalue weighted by Gasteiger charge is 2.26. The fourth-order valence-corrected chi connectivity index (χ4v) is 4.16. The van der Waals surface area contributed by atoms with Crippen molar-refractivity contribution in [3.05, 3.63) is 27.2 Å². The predicted octanol–water partition coefficient (Wildman–Crippen LogP) is 1.90. The van der Waals surface area contributed by atoms with E-state index in [0.717, 1.165) is 0 Å². The van der Waals surface area contributed by atoms with Gasteiger partial charge in [0.05, 0.1) is 24.3 Å². The van der Waals surface area contributed by atoms with E-state index in [-0.39, 0.29) is 23.1 Å². The normalized spacial score (nSPS) is 13.5. The Bertz CT molecular complexity index is 563. The largest absolute Gasteiger partial charge is 0.395 e. The second kappa shape index (κ2) is 7.06. The molecule has 1 unspecified atom stereocenters. The second-order valence-electron chi connectivity index (χ2n) is 4.40. The molecular formula is C12H17Cl2NO4S. The summed E-state index contributed by atoms with van der Waals surface area (Å²) in [6.07, 6.45) is 0. The Morgan fingerprint density at radius 1 is 1.40 bits per heavy atom. The van der Waals surface area contributed by atoms with Gasteiger partial charge in [0.2, 0.25) is 10.0 Å². The van der Waals surface area contributed by atoms with Crippen LogP contribution in [0.1, 0.15) is 11.1 Å². The van der Waals surface area contributed by atoms with Gasteiger partial charge in [-0.3, -0.25) is 0 Å². The molecule has 1 atom stereocenters. The van der Waals surface area contributed by atoms with Crippen molar-refractivity contribution < 1.29 is 18.3 Å². The van der Waals surface area contributed by atoms with Crippen molar-refractivity contribution in [2.75, 3.05) is 20.3 Å². The molecule has 0 saturated carbocycles. The van der Waals surface area contributed by atoms with Crippen molar-refractivity contribution in [2.24, 2.45) is 0 Å². The minimum atomic E-state index is -3.91. The third-order valence-electron chi connectivity index (χ3n) is 2.77. The van der Waals surface area contributed by atoms with E-state index in [1.807, 2.05) is 0 Å². The molecule has 0 fully saturated rings. The summed E-state index contributed by atoms with van der Waals surface area (Å²) in [5.74, 6) is 0. The van der Waals surface area contributed by atoms with Gasteiger partial charge in [0, 0.05) is 12.1 Å². The maximum atomic E-state index is 12.4. The first-order valence-corrected chi connectivity index (χ1v) is 8.05. The topological polar surface area (TPSA) is 75.6 Å². The third-order valence-corrected chi connectivity index (χ3v) is 5.45. The monoisotopic (exact) mass is 341 g/mol. The molecule has 0 radical (unpaired) electrons. The number of halogens is 2. The van der Waals surface area contributed by atoms with Crippen LogP contribution in [0.4, 0.5) is 0 Å². The van der Waals surface area contributed by atoms with Gasteiger partial charge < -0.3 is 9.84 Å². The van der Waals surface area contributed by atoms with Crippen molar-refractivity contribution >= 4 is 33.2 Å². The molecule has 0 amide bonds. The molecule has 0 heterocycles. The lowest BCUT2D eigenvalue weighted by atomic mass is 10.2. The summed E-state index contributed by atoms with van der Waals surface area (Å²) in [5, 5.41) is 9.59. The third kappa shape index (κ3) is 3.84. The number of aliphatic hydroxyl groups excluding tert-OH is 1. The summed E-state index contributed by atoms with van der Waals surface area (Å²) in [4.78, 5) is -0.0706. The smallest absolute Gasteiger partial charge is 0.242 e. The van der Waals surface area contributed by atoms with Crippen molar-refractivity contribution in [1.82, 2.24) is 4.72 Å². The van der Waals surface area contributed by atoms with Crippen molar-refractivity contribution in [3.8, 4) is 0 Å². The molecule has 5 nitrogen and oxygen atoms in total. The summed E-state index contributed by atoms with van der Waals surface area (Å²) in [6, 6.07) is 0.858. The summed E-state index contributed by atoms with van der Waals surface area (Å²) < 4.78 is 32.0. The maximum Gasteiger partial charge on any atom is 0.242 e. The molecule has 0 aromatic heterocycles. The fourth-order valence-electron chi connectivity index (χ4n) is 1.74. The number of sulfonamides is 1. The van der Waals surface area contributed by atoms with Crippen LogP contribution in [-0.2, 0) is 14.8 Å². The van der Waals surface area contributed by atoms with Gasteiger partial charge >= 0.3 is 0 Å². The van der Waals surface area contributed by atoms with E-state index >= 15 is 0 Å². The lowest BCUT2D eigenvalue weighted by Gasteiger charge is -2.18. The standard InChI is InChI=1S/C12H17Cl2NO4S/c1-7-4-10(13)8(2)12(11(7)14)20(17,18)15-9(5-16)6-19-3/h4,9,15-16H,5-6H2,1-3H3. The number of methoxy groups -OCH3 is 1. The highest BCUT2D eigenvalue weighted by molar-refractivity contribution is 7.89. The number of rotatable bonds is 6. The van der Waals surface area contributed by atoms with E-state index in [4.69, 9.17) is 33.0 Å². The Hall–Kier alpha value is -0.370. The number of ether oxygens (including phenoxy) is 1. The van der Waals surface area contributed by atoms with E-state index in [0.29, 0.717) is 16.1 Å². The molecule has 0 aliphatic carbocycles. The van der Waals surface area contributed by atoms with Gasteiger partial charge in [-0.25, -0.2) is 13.1 Å². The number of hydrogen-bond acceptors (Lipinski definition) is 4. The van der Waals surface area contributed by atoms with Gasteiger partial charge in [0.1, 0.15) is 4.90 Å². The number of nitrogens with one attached hydrogen (secondary N) is 1. The van der Waals surface area contributed by atoms with E-state index in [2.05, 4.69) is 4.72 Å². The molecule has 1 rings (SSSR count). The summed E-state index contributed by atoms with van der Waals surface area (Å²) in [6.45, 7) is 2.91. The molecule has 0 aliphatic heterocycles. The molecule has 0 spiro atoms. The van der Waals surface area contributed by atoms with E-state index in [1.165, 1.54) is 7.11 Å². The molecule has 0 aliphatic rings. The molecular weight excluding hydrogens is 325 g/mol. The van der Waals surface area contributed by atoms with Crippen molar-refractivity contribution in [2.45, 2.75) is 24.8 Å². The van der Waals surface area contributed by atoms with Crippen LogP contribution in [0.5, 0.6) is 0 Å². The van der Waals surface area contributed by atoms with Gasteiger partial charge in [0.15, 0.2) is 0 Å². The molecule has 20 heavy (non-hydrogen) atoms. The molecule has 0 bridgehead atoms. The van der Waals surface area contributed by atoms with Crippen LogP contribution < -0.4 is 4.72 Å². The van der Waals surface area contributed by atoms with E-state index < -0.39 is 16.1 Å². The van der Waals surface area contributed by atoms with Crippen LogP contribution >= 0.6 is 23.2 Å². The number of aryl methyl sites for hydroxylation is 1. The molecule has 8 heteroatoms. The SMILES string of the molecule is COCC(CO)NS(=O)(=O)c1c(C)c(Cl)cc(C)c1Cl. The average Bonchev–Trinajstić information content (AvgIpc) is 2.35. The van der Waals surface area contributed by atoms with Gasteiger partial charge in [-0.2, -0.15) is 0 Å². The first-order chi connectivity index (χ1) is 9.24. The average molecular weight is 342 g/mol. The second-order valence-corrected chi connectivity index (χ2v) is 6.84. The van der Waals surface area contributed by atoms with Crippen LogP contribution in [-0.4, -0.2) is 39.9 Å². The van der Waals surface area contributed by atoms with Crippen molar-refractivity contribution in [3.63, 3.8) is 0 Å². The molecule has 1 aromatic carbocycles. The van der Waals surface area contributed by atoms with Crippen LogP contribution in [0.15, 0.2) is 11.0 Å². The molecule has 114 valence electrons. The predicted molar refractivity (Wildman–Crippen MR) is 79.0 cm³/mol. The van der Waals surface area contributed by atoms with Crippen LogP contribution in [0.3, 0.4) is 0 Å². The Balaban J connectivity index is 3.29. The Labute approximate surface area is 128 Å². The van der Waals surface area contributed by atoms with Gasteiger partial charge in [-0.15, -0.1) is 0 Å². The van der Waals surface area contributed by atoms with Crippen LogP contribution in [0.25, 0.3) is 0 Å². The highest BCUT2D eigenvalue weighted by atomic mass is 35.5. The van der Waals surface area contributed by atoms with Crippen LogP contribution in [0.2, 0.25) is 10.0 Å². The first kappa shape index (κ1) is 17.7. The van der Waals surface area contributed by atoms with Gasteiger partial charge in [-0.05, 0) is 31.0 Å². The van der Waals surface area contributed by atoms with Crippen LogP contribution in [0, 0.1) is 13.8 Å². The van der Waals surface area contributed by atoms with Crippen molar-refractivity contribution in [1.29, 1.82) is 0 Å². The fraction of sp³-hybridized carbons (Fsp3) is 0.500. The Morgan fingerprint density at radius 3 is 2.50 bits per heavy atom. The quantitative estimate of drug-likeness (QED) is 0.828. The zero-order chi connectivity index (χ0) is 15.5. The Morgan fingerprint density at radius 2 is 2.00 bits per heavy atom. The van der Waals surface area contributed by atoms with Gasteiger partial charge in [0.25, 0.3) is 0 Å². The zero-order valence-corrected chi connectivity index (χ0v) is 13.7. The molecule has 0 saturated heterocycles. The summed E-state index contributed by atoms with van der Waals surface area (Å²) in [7, 11) is -2.49. The lowest BCUT2D eigenvalue weighted by Crippen LogP contribution is -2.40. The number of aliphatic hydroxyl groups is 1. The minimum Gasteiger partial charge on any atom is -0.395 e. The molecule has 1 aromatic rings. The van der Waals surface area contributed by atoms with E-state index in [1.54, 1.807) is 19.9 Å². The zero-order valence-electron chi connectivity index (χ0n) is 11.4.